The Bertz CT molecular complexity index is 402. The van der Waals surface area contributed by atoms with Gasteiger partial charge in [-0.25, -0.2) is 0 Å². The van der Waals surface area contributed by atoms with E-state index >= 15 is 0 Å². The smallest absolute Gasteiger partial charge is 0.261 e. The predicted octanol–water partition coefficient (Wildman–Crippen LogP) is 2.37. The summed E-state index contributed by atoms with van der Waals surface area (Å²) < 4.78 is 0. The van der Waals surface area contributed by atoms with Crippen LogP contribution >= 0.6 is 11.3 Å². The number of hydrogen-bond acceptors (Lipinski definition) is 3. The molecule has 2 N–H and O–H groups in total. The van der Waals surface area contributed by atoms with E-state index in [1.54, 1.807) is 11.3 Å². The number of carbonyl (C=O) groups excluding carboxylic acids is 1. The molecule has 1 aromatic rings. The molecule has 0 unspecified atom stereocenters. The highest BCUT2D eigenvalue weighted by molar-refractivity contribution is 7.14. The summed E-state index contributed by atoms with van der Waals surface area (Å²) in [6.07, 6.45) is 4.68. The normalized spacial score (nSPS) is 16.4. The van der Waals surface area contributed by atoms with E-state index in [1.165, 1.54) is 23.3 Å². The van der Waals surface area contributed by atoms with Gasteiger partial charge in [-0.3, -0.25) is 4.79 Å². The number of rotatable bonds is 4. The lowest BCUT2D eigenvalue weighted by atomic mass is 9.99. The van der Waals surface area contributed by atoms with Crippen LogP contribution in [0.15, 0.2) is 6.07 Å². The molecule has 1 aliphatic rings. The molecule has 1 atom stereocenters. The third-order valence-corrected chi connectivity index (χ3v) is 4.77. The van der Waals surface area contributed by atoms with Gasteiger partial charge in [0, 0.05) is 4.88 Å². The maximum atomic E-state index is 12.1. The zero-order valence-corrected chi connectivity index (χ0v) is 11.8. The molecular formula is C14H21NO2S. The summed E-state index contributed by atoms with van der Waals surface area (Å²) >= 11 is 1.61. The van der Waals surface area contributed by atoms with E-state index in [0.29, 0.717) is 0 Å². The van der Waals surface area contributed by atoms with Crippen molar-refractivity contribution in [1.29, 1.82) is 0 Å². The largest absolute Gasteiger partial charge is 0.394 e. The van der Waals surface area contributed by atoms with Crippen LogP contribution in [0.25, 0.3) is 0 Å². The van der Waals surface area contributed by atoms with Gasteiger partial charge in [0.25, 0.3) is 5.91 Å². The van der Waals surface area contributed by atoms with Crippen LogP contribution in [0.3, 0.4) is 0 Å². The van der Waals surface area contributed by atoms with Crippen LogP contribution in [0.4, 0.5) is 0 Å². The van der Waals surface area contributed by atoms with Crippen LogP contribution in [-0.2, 0) is 12.8 Å². The van der Waals surface area contributed by atoms with E-state index in [9.17, 15) is 9.90 Å². The zero-order valence-electron chi connectivity index (χ0n) is 11.0. The summed E-state index contributed by atoms with van der Waals surface area (Å²) in [4.78, 5) is 14.3. The molecule has 3 nitrogen and oxygen atoms in total. The van der Waals surface area contributed by atoms with Gasteiger partial charge in [-0.15, -0.1) is 11.3 Å². The molecule has 0 radical (unpaired) electrons. The minimum Gasteiger partial charge on any atom is -0.394 e. The second kappa shape index (κ2) is 5.85. The fourth-order valence-corrected chi connectivity index (χ4v) is 3.42. The van der Waals surface area contributed by atoms with Crippen LogP contribution in [0.5, 0.6) is 0 Å². The third-order valence-electron chi connectivity index (χ3n) is 3.54. The van der Waals surface area contributed by atoms with Crippen molar-refractivity contribution in [3.63, 3.8) is 0 Å². The van der Waals surface area contributed by atoms with Crippen molar-refractivity contribution in [2.45, 2.75) is 45.6 Å². The Hall–Kier alpha value is -0.870. The monoisotopic (exact) mass is 267 g/mol. The Morgan fingerprint density at radius 2 is 2.17 bits per heavy atom. The second-order valence-corrected chi connectivity index (χ2v) is 6.41. The number of fused-ring (bicyclic) bond motifs is 1. The summed E-state index contributed by atoms with van der Waals surface area (Å²) in [5.41, 5.74) is 1.35. The van der Waals surface area contributed by atoms with Crippen LogP contribution in [0, 0.1) is 5.92 Å². The van der Waals surface area contributed by atoms with Crippen LogP contribution in [0.2, 0.25) is 0 Å². The highest BCUT2D eigenvalue weighted by Gasteiger charge is 2.20. The molecule has 18 heavy (non-hydrogen) atoms. The fourth-order valence-electron chi connectivity index (χ4n) is 2.27. The molecule has 0 saturated carbocycles. The average Bonchev–Trinajstić information content (AvgIpc) is 2.79. The molecule has 1 aromatic heterocycles. The summed E-state index contributed by atoms with van der Waals surface area (Å²) in [6, 6.07) is 1.88. The van der Waals surface area contributed by atoms with Gasteiger partial charge in [0.2, 0.25) is 0 Å². The number of aliphatic hydroxyl groups is 1. The first-order valence-corrected chi connectivity index (χ1v) is 7.46. The minimum absolute atomic E-state index is 0.00546. The summed E-state index contributed by atoms with van der Waals surface area (Å²) in [5, 5.41) is 12.2. The molecule has 100 valence electrons. The quantitative estimate of drug-likeness (QED) is 0.880. The first-order valence-electron chi connectivity index (χ1n) is 6.65. The zero-order chi connectivity index (χ0) is 13.1. The molecule has 0 aliphatic heterocycles. The Balaban J connectivity index is 2.06. The molecule has 2 rings (SSSR count). The van der Waals surface area contributed by atoms with Crippen molar-refractivity contribution in [3.8, 4) is 0 Å². The van der Waals surface area contributed by atoms with Crippen LogP contribution in [0.1, 0.15) is 46.8 Å². The number of thiophene rings is 1. The molecule has 1 heterocycles. The SMILES string of the molecule is CC(C)[C@@H](CO)NC(=O)c1cc2c(s1)CCCC2. The molecular weight excluding hydrogens is 246 g/mol. The molecule has 0 saturated heterocycles. The van der Waals surface area contributed by atoms with Crippen molar-refractivity contribution in [3.05, 3.63) is 21.4 Å². The molecule has 0 fully saturated rings. The average molecular weight is 267 g/mol. The summed E-state index contributed by atoms with van der Waals surface area (Å²) in [7, 11) is 0. The van der Waals surface area contributed by atoms with Gasteiger partial charge in [0.15, 0.2) is 0 Å². The van der Waals surface area contributed by atoms with Gasteiger partial charge in [-0.2, -0.15) is 0 Å². The van der Waals surface area contributed by atoms with E-state index in [-0.39, 0.29) is 24.5 Å². The lowest BCUT2D eigenvalue weighted by Gasteiger charge is -2.19. The molecule has 4 heteroatoms. The van der Waals surface area contributed by atoms with Crippen molar-refractivity contribution in [1.82, 2.24) is 5.32 Å². The van der Waals surface area contributed by atoms with Gasteiger partial charge in [-0.05, 0) is 43.2 Å². The number of hydrogen-bond donors (Lipinski definition) is 2. The molecule has 0 bridgehead atoms. The maximum Gasteiger partial charge on any atom is 0.261 e. The molecule has 0 spiro atoms. The van der Waals surface area contributed by atoms with Crippen LogP contribution in [-0.4, -0.2) is 23.7 Å². The molecule has 1 amide bonds. The first kappa shape index (κ1) is 13.6. The molecule has 1 aliphatic carbocycles. The Morgan fingerprint density at radius 3 is 2.78 bits per heavy atom. The Kier molecular flexibility index (Phi) is 4.40. The highest BCUT2D eigenvalue weighted by Crippen LogP contribution is 2.29. The maximum absolute atomic E-state index is 12.1. The van der Waals surface area contributed by atoms with E-state index in [0.717, 1.165) is 17.7 Å². The van der Waals surface area contributed by atoms with Crippen molar-refractivity contribution < 1.29 is 9.90 Å². The van der Waals surface area contributed by atoms with Crippen molar-refractivity contribution in [2.75, 3.05) is 6.61 Å². The van der Waals surface area contributed by atoms with E-state index in [4.69, 9.17) is 0 Å². The lowest BCUT2D eigenvalue weighted by molar-refractivity contribution is 0.0901. The van der Waals surface area contributed by atoms with Gasteiger partial charge in [0.1, 0.15) is 0 Å². The number of aliphatic hydroxyl groups excluding tert-OH is 1. The topological polar surface area (TPSA) is 49.3 Å². The Morgan fingerprint density at radius 1 is 1.44 bits per heavy atom. The second-order valence-electron chi connectivity index (χ2n) is 5.27. The van der Waals surface area contributed by atoms with Gasteiger partial charge < -0.3 is 10.4 Å². The number of aryl methyl sites for hydroxylation is 2. The first-order chi connectivity index (χ1) is 8.61. The Labute approximate surface area is 112 Å². The molecule has 0 aromatic carbocycles. The number of nitrogens with one attached hydrogen (secondary N) is 1. The van der Waals surface area contributed by atoms with Gasteiger partial charge in [-0.1, -0.05) is 13.8 Å². The van der Waals surface area contributed by atoms with Gasteiger partial charge >= 0.3 is 0 Å². The minimum atomic E-state index is -0.156. The van der Waals surface area contributed by atoms with E-state index in [2.05, 4.69) is 5.32 Å². The third kappa shape index (κ3) is 2.93. The summed E-state index contributed by atoms with van der Waals surface area (Å²) in [6.45, 7) is 4.00. The fraction of sp³-hybridized carbons (Fsp3) is 0.643. The number of carbonyl (C=O) groups is 1. The van der Waals surface area contributed by atoms with Crippen molar-refractivity contribution >= 4 is 17.2 Å². The lowest BCUT2D eigenvalue weighted by Crippen LogP contribution is -2.40. The number of amides is 1. The standard InChI is InChI=1S/C14H21NO2S/c1-9(2)11(8-16)15-14(17)13-7-10-5-3-4-6-12(10)18-13/h7,9,11,16H,3-6,8H2,1-2H3,(H,15,17)/t11-/m1/s1. The van der Waals surface area contributed by atoms with Gasteiger partial charge in [0.05, 0.1) is 17.5 Å². The van der Waals surface area contributed by atoms with Crippen molar-refractivity contribution in [2.24, 2.45) is 5.92 Å². The predicted molar refractivity (Wildman–Crippen MR) is 74.1 cm³/mol. The highest BCUT2D eigenvalue weighted by atomic mass is 32.1. The van der Waals surface area contributed by atoms with E-state index < -0.39 is 0 Å². The summed E-state index contributed by atoms with van der Waals surface area (Å²) in [5.74, 6) is 0.204. The van der Waals surface area contributed by atoms with Crippen LogP contribution < -0.4 is 5.32 Å². The van der Waals surface area contributed by atoms with E-state index in [1.807, 2.05) is 19.9 Å².